The van der Waals surface area contributed by atoms with Crippen molar-refractivity contribution in [2.24, 2.45) is 7.05 Å². The summed E-state index contributed by atoms with van der Waals surface area (Å²) in [4.78, 5) is 26.4. The molecule has 3 aromatic rings. The highest BCUT2D eigenvalue weighted by atomic mass is 35.5. The SMILES string of the molecule is CNC(=O)C[C@@H]1C[C@@H](c2cccc(F)c2)[C@H](NC(=O)c2ccc(-c3c(Cl)cnn3C)s2)CN1. The number of carbonyl (C=O) groups excluding carboxylic acids is 2. The number of rotatable bonds is 6. The van der Waals surface area contributed by atoms with Gasteiger partial charge in [0.05, 0.1) is 26.7 Å². The minimum Gasteiger partial charge on any atom is -0.359 e. The third kappa shape index (κ3) is 5.26. The van der Waals surface area contributed by atoms with Gasteiger partial charge in [0, 0.05) is 45.1 Å². The fourth-order valence-corrected chi connectivity index (χ4v) is 5.57. The first-order chi connectivity index (χ1) is 15.9. The number of hydrogen-bond donors (Lipinski definition) is 3. The van der Waals surface area contributed by atoms with E-state index in [1.54, 1.807) is 37.1 Å². The van der Waals surface area contributed by atoms with Crippen molar-refractivity contribution in [1.82, 2.24) is 25.7 Å². The van der Waals surface area contributed by atoms with Crippen LogP contribution in [0.25, 0.3) is 10.6 Å². The molecular weight excluding hydrogens is 465 g/mol. The van der Waals surface area contributed by atoms with Gasteiger partial charge in [-0.3, -0.25) is 14.3 Å². The minimum atomic E-state index is -0.324. The first kappa shape index (κ1) is 23.4. The fraction of sp³-hybridized carbons (Fsp3) is 0.348. The second-order valence-electron chi connectivity index (χ2n) is 8.09. The van der Waals surface area contributed by atoms with Gasteiger partial charge in [-0.1, -0.05) is 23.7 Å². The monoisotopic (exact) mass is 489 g/mol. The van der Waals surface area contributed by atoms with Crippen molar-refractivity contribution in [3.8, 4) is 10.6 Å². The van der Waals surface area contributed by atoms with E-state index in [-0.39, 0.29) is 35.6 Å². The molecule has 1 fully saturated rings. The molecule has 1 aliphatic rings. The molecule has 3 N–H and O–H groups in total. The number of carbonyl (C=O) groups is 2. The maximum Gasteiger partial charge on any atom is 0.261 e. The van der Waals surface area contributed by atoms with E-state index in [1.165, 1.54) is 23.5 Å². The van der Waals surface area contributed by atoms with Gasteiger partial charge in [-0.05, 0) is 36.2 Å². The van der Waals surface area contributed by atoms with Gasteiger partial charge in [0.2, 0.25) is 5.91 Å². The molecule has 33 heavy (non-hydrogen) atoms. The van der Waals surface area contributed by atoms with E-state index in [2.05, 4.69) is 21.0 Å². The van der Waals surface area contributed by atoms with E-state index in [0.29, 0.717) is 29.3 Å². The van der Waals surface area contributed by atoms with Gasteiger partial charge >= 0.3 is 0 Å². The van der Waals surface area contributed by atoms with Crippen LogP contribution in [-0.4, -0.2) is 47.3 Å². The molecule has 0 aliphatic carbocycles. The number of aromatic nitrogens is 2. The van der Waals surface area contributed by atoms with Crippen LogP contribution < -0.4 is 16.0 Å². The van der Waals surface area contributed by atoms with E-state index in [9.17, 15) is 14.0 Å². The summed E-state index contributed by atoms with van der Waals surface area (Å²) >= 11 is 7.58. The van der Waals surface area contributed by atoms with Gasteiger partial charge < -0.3 is 16.0 Å². The predicted octanol–water partition coefficient (Wildman–Crippen LogP) is 3.32. The normalized spacial score (nSPS) is 20.4. The highest BCUT2D eigenvalue weighted by molar-refractivity contribution is 7.17. The number of thiophene rings is 1. The Balaban J connectivity index is 1.53. The zero-order chi connectivity index (χ0) is 23.5. The van der Waals surface area contributed by atoms with Crippen LogP contribution in [0.5, 0.6) is 0 Å². The topological polar surface area (TPSA) is 88.1 Å². The number of aryl methyl sites for hydroxylation is 1. The molecule has 4 rings (SSSR count). The molecule has 2 amide bonds. The molecule has 0 unspecified atom stereocenters. The predicted molar refractivity (Wildman–Crippen MR) is 127 cm³/mol. The van der Waals surface area contributed by atoms with Crippen LogP contribution >= 0.6 is 22.9 Å². The first-order valence-corrected chi connectivity index (χ1v) is 11.8. The zero-order valence-electron chi connectivity index (χ0n) is 18.3. The van der Waals surface area contributed by atoms with E-state index >= 15 is 0 Å². The maximum absolute atomic E-state index is 14.0. The molecule has 3 atom stereocenters. The summed E-state index contributed by atoms with van der Waals surface area (Å²) in [5.74, 6) is -0.725. The summed E-state index contributed by atoms with van der Waals surface area (Å²) in [5.41, 5.74) is 1.56. The standard InChI is InChI=1S/C23H25ClFN5O2S/c1-26-21(31)10-15-9-16(13-4-3-5-14(25)8-13)18(12-27-15)29-23(32)20-7-6-19(33-20)22-17(24)11-28-30(22)2/h3-8,11,15-16,18,27H,9-10,12H2,1-2H3,(H,26,31)(H,29,32)/t15-,16-,18+/m0/s1. The highest BCUT2D eigenvalue weighted by Gasteiger charge is 2.33. The molecular formula is C23H25ClFN5O2S. The first-order valence-electron chi connectivity index (χ1n) is 10.6. The molecule has 0 bridgehead atoms. The number of hydrogen-bond acceptors (Lipinski definition) is 5. The van der Waals surface area contributed by atoms with E-state index in [1.807, 2.05) is 12.1 Å². The van der Waals surface area contributed by atoms with E-state index < -0.39 is 0 Å². The lowest BCUT2D eigenvalue weighted by atomic mass is 9.81. The molecule has 0 saturated carbocycles. The summed E-state index contributed by atoms with van der Waals surface area (Å²) < 4.78 is 15.6. The third-order valence-electron chi connectivity index (χ3n) is 5.91. The lowest BCUT2D eigenvalue weighted by Crippen LogP contribution is -2.54. The number of benzene rings is 1. The molecule has 0 spiro atoms. The summed E-state index contributed by atoms with van der Waals surface area (Å²) in [6.45, 7) is 0.473. The molecule has 10 heteroatoms. The van der Waals surface area contributed by atoms with Crippen molar-refractivity contribution in [2.45, 2.75) is 30.8 Å². The fourth-order valence-electron chi connectivity index (χ4n) is 4.24. The Kier molecular flexibility index (Phi) is 7.11. The lowest BCUT2D eigenvalue weighted by molar-refractivity contribution is -0.121. The van der Waals surface area contributed by atoms with Gasteiger partial charge in [-0.2, -0.15) is 5.10 Å². The molecule has 0 radical (unpaired) electrons. The average molecular weight is 490 g/mol. The highest BCUT2D eigenvalue weighted by Crippen LogP contribution is 2.34. The van der Waals surface area contributed by atoms with Crippen molar-refractivity contribution in [3.05, 3.63) is 63.9 Å². The van der Waals surface area contributed by atoms with Gasteiger partial charge in [0.15, 0.2) is 0 Å². The van der Waals surface area contributed by atoms with E-state index in [4.69, 9.17) is 11.6 Å². The van der Waals surface area contributed by atoms with Crippen LogP contribution in [0.2, 0.25) is 5.02 Å². The smallest absolute Gasteiger partial charge is 0.261 e. The molecule has 1 aromatic carbocycles. The Labute approximate surface area is 200 Å². The summed E-state index contributed by atoms with van der Waals surface area (Å²) in [6.07, 6.45) is 2.49. The lowest BCUT2D eigenvalue weighted by Gasteiger charge is -2.37. The number of nitrogens with one attached hydrogen (secondary N) is 3. The average Bonchev–Trinajstić information content (AvgIpc) is 3.40. The van der Waals surface area contributed by atoms with Gasteiger partial charge in [0.25, 0.3) is 5.91 Å². The maximum atomic E-state index is 14.0. The van der Waals surface area contributed by atoms with Crippen molar-refractivity contribution in [2.75, 3.05) is 13.6 Å². The Bertz CT molecular complexity index is 1140. The molecule has 174 valence electrons. The molecule has 2 aromatic heterocycles. The number of piperidine rings is 1. The second-order valence-corrected chi connectivity index (χ2v) is 9.58. The number of halogens is 2. The Hall–Kier alpha value is -2.75. The van der Waals surface area contributed by atoms with Crippen molar-refractivity contribution >= 4 is 34.8 Å². The van der Waals surface area contributed by atoms with Crippen molar-refractivity contribution in [1.29, 1.82) is 0 Å². The van der Waals surface area contributed by atoms with Crippen LogP contribution in [0, 0.1) is 5.82 Å². The van der Waals surface area contributed by atoms with Gasteiger partial charge in [-0.15, -0.1) is 11.3 Å². The quantitative estimate of drug-likeness (QED) is 0.495. The van der Waals surface area contributed by atoms with Crippen molar-refractivity contribution < 1.29 is 14.0 Å². The molecule has 1 aliphatic heterocycles. The Morgan fingerprint density at radius 1 is 1.33 bits per heavy atom. The summed E-state index contributed by atoms with van der Waals surface area (Å²) in [6, 6.07) is 9.73. The zero-order valence-corrected chi connectivity index (χ0v) is 19.8. The van der Waals surface area contributed by atoms with Crippen LogP contribution in [-0.2, 0) is 11.8 Å². The molecule has 7 nitrogen and oxygen atoms in total. The second kappa shape index (κ2) is 10.0. The van der Waals surface area contributed by atoms with Crippen molar-refractivity contribution in [3.63, 3.8) is 0 Å². The van der Waals surface area contributed by atoms with Gasteiger partial charge in [0.1, 0.15) is 5.82 Å². The van der Waals surface area contributed by atoms with Crippen LogP contribution in [0.15, 0.2) is 42.6 Å². The largest absolute Gasteiger partial charge is 0.359 e. The van der Waals surface area contributed by atoms with Crippen LogP contribution in [0.3, 0.4) is 0 Å². The minimum absolute atomic E-state index is 0.0621. The summed E-state index contributed by atoms with van der Waals surface area (Å²) in [7, 11) is 3.40. The third-order valence-corrected chi connectivity index (χ3v) is 7.28. The number of amides is 2. The van der Waals surface area contributed by atoms with Crippen LogP contribution in [0.1, 0.15) is 34.0 Å². The Morgan fingerprint density at radius 3 is 2.85 bits per heavy atom. The van der Waals surface area contributed by atoms with Crippen LogP contribution in [0.4, 0.5) is 4.39 Å². The summed E-state index contributed by atoms with van der Waals surface area (Å²) in [5, 5.41) is 13.8. The molecule has 1 saturated heterocycles. The van der Waals surface area contributed by atoms with Gasteiger partial charge in [-0.25, -0.2) is 4.39 Å². The Morgan fingerprint density at radius 2 is 2.15 bits per heavy atom. The number of nitrogens with zero attached hydrogens (tertiary/aromatic N) is 2. The van der Waals surface area contributed by atoms with E-state index in [0.717, 1.165) is 16.1 Å². The molecule has 3 heterocycles.